The third-order valence-electron chi connectivity index (χ3n) is 4.55. The lowest BCUT2D eigenvalue weighted by atomic mass is 9.83. The first-order chi connectivity index (χ1) is 13.4. The first-order valence-corrected chi connectivity index (χ1v) is 11.1. The highest BCUT2D eigenvalue weighted by atomic mass is 79.9. The molecule has 2 atom stereocenters. The third-order valence-corrected chi connectivity index (χ3v) is 5.46. The van der Waals surface area contributed by atoms with E-state index in [9.17, 15) is 9.59 Å². The maximum absolute atomic E-state index is 13.2. The van der Waals surface area contributed by atoms with Gasteiger partial charge in [0, 0.05) is 20.8 Å². The molecule has 0 aromatic heterocycles. The van der Waals surface area contributed by atoms with Gasteiger partial charge in [0.1, 0.15) is 11.5 Å². The van der Waals surface area contributed by atoms with Crippen molar-refractivity contribution in [1.29, 1.82) is 0 Å². The van der Waals surface area contributed by atoms with Crippen LogP contribution in [0.25, 0.3) is 0 Å². The Morgan fingerprint density at radius 2 is 1.14 bits per heavy atom. The molecule has 2 unspecified atom stereocenters. The number of carbonyl (C=O) groups is 2. The zero-order chi connectivity index (χ0) is 20.3. The van der Waals surface area contributed by atoms with Crippen LogP contribution < -0.4 is 9.47 Å². The van der Waals surface area contributed by atoms with Gasteiger partial charge in [-0.25, -0.2) is 0 Å². The molecule has 2 aromatic carbocycles. The van der Waals surface area contributed by atoms with Crippen LogP contribution in [-0.4, -0.2) is 34.4 Å². The fourth-order valence-electron chi connectivity index (χ4n) is 3.07. The van der Waals surface area contributed by atoms with Gasteiger partial charge in [0.25, 0.3) is 0 Å². The first-order valence-electron chi connectivity index (χ1n) is 9.29. The van der Waals surface area contributed by atoms with Gasteiger partial charge in [-0.05, 0) is 25.0 Å². The van der Waals surface area contributed by atoms with E-state index in [1.165, 1.54) is 0 Å². The monoisotopic (exact) mass is 508 g/mol. The number of carbonyl (C=O) groups excluding carboxylic acids is 2. The van der Waals surface area contributed by atoms with Crippen LogP contribution in [0, 0.1) is 0 Å². The Labute approximate surface area is 181 Å². The van der Waals surface area contributed by atoms with Gasteiger partial charge in [-0.15, -0.1) is 0 Å². The average Bonchev–Trinajstić information content (AvgIpc) is 2.66. The van der Waals surface area contributed by atoms with Crippen molar-refractivity contribution in [3.8, 4) is 11.5 Å². The number of rotatable bonds is 8. The topological polar surface area (TPSA) is 52.6 Å². The van der Waals surface area contributed by atoms with Crippen molar-refractivity contribution in [3.05, 3.63) is 58.7 Å². The van der Waals surface area contributed by atoms with Gasteiger partial charge in [0.05, 0.1) is 24.3 Å². The molecule has 0 spiro atoms. The van der Waals surface area contributed by atoms with Gasteiger partial charge in [-0.2, -0.15) is 0 Å². The number of fused-ring (bicyclic) bond motifs is 2. The summed E-state index contributed by atoms with van der Waals surface area (Å²) in [6.45, 7) is 4.96. The van der Waals surface area contributed by atoms with Crippen molar-refractivity contribution in [1.82, 2.24) is 0 Å². The molecule has 0 radical (unpaired) electrons. The Morgan fingerprint density at radius 1 is 0.750 bits per heavy atom. The lowest BCUT2D eigenvalue weighted by Crippen LogP contribution is -2.23. The largest absolute Gasteiger partial charge is 0.493 e. The van der Waals surface area contributed by atoms with Crippen LogP contribution in [0.4, 0.5) is 0 Å². The molecule has 0 saturated carbocycles. The molecule has 4 nitrogen and oxygen atoms in total. The highest BCUT2D eigenvalue weighted by molar-refractivity contribution is 9.09. The molecule has 0 saturated heterocycles. The smallest absolute Gasteiger partial charge is 0.198 e. The van der Waals surface area contributed by atoms with E-state index in [2.05, 4.69) is 31.9 Å². The molecule has 0 aliphatic heterocycles. The van der Waals surface area contributed by atoms with E-state index >= 15 is 0 Å². The Bertz CT molecular complexity index is 818. The van der Waals surface area contributed by atoms with Crippen LogP contribution in [0.3, 0.4) is 0 Å². The molecular weight excluding hydrogens is 488 g/mol. The second kappa shape index (κ2) is 9.23. The summed E-state index contributed by atoms with van der Waals surface area (Å²) in [7, 11) is 0. The molecule has 148 valence electrons. The fraction of sp³-hybridized carbons (Fsp3) is 0.364. The Kier molecular flexibility index (Phi) is 6.94. The quantitative estimate of drug-likeness (QED) is 0.372. The predicted octanol–water partition coefficient (Wildman–Crippen LogP) is 5.57. The lowest BCUT2D eigenvalue weighted by Gasteiger charge is -2.23. The fourth-order valence-corrected chi connectivity index (χ4v) is 3.44. The summed E-state index contributed by atoms with van der Waals surface area (Å²) in [5.41, 5.74) is 1.42. The van der Waals surface area contributed by atoms with Crippen LogP contribution in [0.2, 0.25) is 0 Å². The zero-order valence-corrected chi connectivity index (χ0v) is 19.0. The summed E-state index contributed by atoms with van der Waals surface area (Å²) in [5, 5.41) is 0. The number of ketones is 2. The van der Waals surface area contributed by atoms with Gasteiger partial charge >= 0.3 is 0 Å². The summed E-state index contributed by atoms with van der Waals surface area (Å²) in [5.74, 6) is 0.451. The molecule has 0 heterocycles. The van der Waals surface area contributed by atoms with E-state index in [4.69, 9.17) is 9.47 Å². The van der Waals surface area contributed by atoms with E-state index in [-0.39, 0.29) is 11.6 Å². The van der Waals surface area contributed by atoms with Gasteiger partial charge in [-0.3, -0.25) is 9.59 Å². The van der Waals surface area contributed by atoms with Crippen molar-refractivity contribution in [2.24, 2.45) is 0 Å². The average molecular weight is 510 g/mol. The summed E-state index contributed by atoms with van der Waals surface area (Å²) in [6.07, 6.45) is 1.57. The lowest BCUT2D eigenvalue weighted by molar-refractivity contribution is 0.0972. The van der Waals surface area contributed by atoms with Crippen molar-refractivity contribution < 1.29 is 19.1 Å². The molecular formula is C22H22Br2O4. The van der Waals surface area contributed by atoms with Crippen LogP contribution in [0.1, 0.15) is 58.5 Å². The molecule has 2 aromatic rings. The van der Waals surface area contributed by atoms with Crippen molar-refractivity contribution >= 4 is 43.4 Å². The van der Waals surface area contributed by atoms with E-state index in [1.807, 2.05) is 13.8 Å². The second-order valence-electron chi connectivity index (χ2n) is 6.85. The van der Waals surface area contributed by atoms with Crippen LogP contribution in [-0.2, 0) is 0 Å². The maximum atomic E-state index is 13.2. The standard InChI is InChI=1S/C22H22Br2O4/c1-13(23)9-11-27-17-7-8-18(28-12-10-14(2)24)20-19(17)21(25)15-5-3-4-6-16(15)22(20)26/h3-8,13-14H,9-12H2,1-2H3. The highest BCUT2D eigenvalue weighted by Gasteiger charge is 2.35. The van der Waals surface area contributed by atoms with Crippen molar-refractivity contribution in [2.75, 3.05) is 13.2 Å². The number of ether oxygens (including phenoxy) is 2. The summed E-state index contributed by atoms with van der Waals surface area (Å²) < 4.78 is 11.8. The van der Waals surface area contributed by atoms with Crippen molar-refractivity contribution in [3.63, 3.8) is 0 Å². The highest BCUT2D eigenvalue weighted by Crippen LogP contribution is 2.38. The molecule has 3 rings (SSSR count). The SMILES string of the molecule is CC(Br)CCOc1ccc(OCCC(C)Br)c2c1C(=O)c1ccccc1C2=O. The minimum absolute atomic E-state index is 0.202. The van der Waals surface area contributed by atoms with Crippen molar-refractivity contribution in [2.45, 2.75) is 36.3 Å². The second-order valence-corrected chi connectivity index (χ2v) is 9.98. The van der Waals surface area contributed by atoms with E-state index in [0.29, 0.717) is 56.6 Å². The molecule has 0 amide bonds. The number of hydrogen-bond donors (Lipinski definition) is 0. The predicted molar refractivity (Wildman–Crippen MR) is 117 cm³/mol. The minimum atomic E-state index is -0.202. The molecule has 1 aliphatic rings. The van der Waals surface area contributed by atoms with Crippen LogP contribution in [0.5, 0.6) is 11.5 Å². The molecule has 0 fully saturated rings. The van der Waals surface area contributed by atoms with Crippen LogP contribution in [0.15, 0.2) is 36.4 Å². The van der Waals surface area contributed by atoms with E-state index in [0.717, 1.165) is 12.8 Å². The third kappa shape index (κ3) is 4.49. The maximum Gasteiger partial charge on any atom is 0.198 e. The normalized spacial score (nSPS) is 14.9. The molecule has 28 heavy (non-hydrogen) atoms. The Hall–Kier alpha value is -1.66. The molecule has 6 heteroatoms. The van der Waals surface area contributed by atoms with Gasteiger partial charge in [0.2, 0.25) is 0 Å². The van der Waals surface area contributed by atoms with E-state index < -0.39 is 0 Å². The Balaban J connectivity index is 2.02. The molecule has 0 bridgehead atoms. The van der Waals surface area contributed by atoms with Gasteiger partial charge in [0.15, 0.2) is 11.6 Å². The van der Waals surface area contributed by atoms with E-state index in [1.54, 1.807) is 36.4 Å². The number of hydrogen-bond acceptors (Lipinski definition) is 4. The number of alkyl halides is 2. The molecule has 1 aliphatic carbocycles. The molecule has 0 N–H and O–H groups in total. The summed E-state index contributed by atoms with van der Waals surface area (Å²) in [4.78, 5) is 27.0. The zero-order valence-electron chi connectivity index (χ0n) is 15.8. The van der Waals surface area contributed by atoms with Gasteiger partial charge in [-0.1, -0.05) is 70.0 Å². The minimum Gasteiger partial charge on any atom is -0.493 e. The first kappa shape index (κ1) is 21.1. The van der Waals surface area contributed by atoms with Gasteiger partial charge < -0.3 is 9.47 Å². The van der Waals surface area contributed by atoms with Crippen LogP contribution >= 0.6 is 31.9 Å². The summed E-state index contributed by atoms with van der Waals surface area (Å²) >= 11 is 6.98. The summed E-state index contributed by atoms with van der Waals surface area (Å²) in [6, 6.07) is 10.3. The number of benzene rings is 2. The Morgan fingerprint density at radius 3 is 1.50 bits per heavy atom. The number of halogens is 2.